The number of rotatable bonds is 9. The number of amides is 3. The molecule has 6 nitrogen and oxygen atoms in total. The van der Waals surface area contributed by atoms with Gasteiger partial charge in [-0.15, -0.1) is 11.3 Å². The molecule has 1 aliphatic rings. The van der Waals surface area contributed by atoms with E-state index >= 15 is 0 Å². The first kappa shape index (κ1) is 25.8. The number of halogens is 2. The molecule has 1 aromatic heterocycles. The predicted molar refractivity (Wildman–Crippen MR) is 136 cm³/mol. The van der Waals surface area contributed by atoms with Crippen LogP contribution in [0.5, 0.6) is 0 Å². The third-order valence-electron chi connectivity index (χ3n) is 6.12. The van der Waals surface area contributed by atoms with Crippen LogP contribution in [-0.4, -0.2) is 47.5 Å². The first-order chi connectivity index (χ1) is 17.4. The highest BCUT2D eigenvalue weighted by atomic mass is 32.1. The first-order valence-corrected chi connectivity index (χ1v) is 12.7. The molecule has 4 rings (SSSR count). The van der Waals surface area contributed by atoms with E-state index in [0.717, 1.165) is 28.8 Å². The SMILES string of the molecule is Cc1ccsc1CN(Cc1ccc(F)cc1)C(=O)CN(C[C@H]1CCCO1)C(=O)Nc1ccccc1F. The van der Waals surface area contributed by atoms with E-state index in [0.29, 0.717) is 13.2 Å². The van der Waals surface area contributed by atoms with Crippen molar-refractivity contribution in [2.75, 3.05) is 25.0 Å². The summed E-state index contributed by atoms with van der Waals surface area (Å²) in [6.07, 6.45) is 1.48. The molecule has 1 atom stereocenters. The Morgan fingerprint density at radius 3 is 2.50 bits per heavy atom. The summed E-state index contributed by atoms with van der Waals surface area (Å²) in [5.41, 5.74) is 1.90. The van der Waals surface area contributed by atoms with Crippen molar-refractivity contribution in [1.29, 1.82) is 0 Å². The monoisotopic (exact) mass is 513 g/mol. The lowest BCUT2D eigenvalue weighted by atomic mass is 10.2. The minimum atomic E-state index is -0.571. The molecule has 9 heteroatoms. The molecule has 2 heterocycles. The Morgan fingerprint density at radius 1 is 1.06 bits per heavy atom. The van der Waals surface area contributed by atoms with Gasteiger partial charge in [0.1, 0.15) is 18.2 Å². The van der Waals surface area contributed by atoms with Crippen molar-refractivity contribution < 1.29 is 23.1 Å². The molecular weight excluding hydrogens is 484 g/mol. The van der Waals surface area contributed by atoms with Crippen molar-refractivity contribution in [2.45, 2.75) is 39.0 Å². The lowest BCUT2D eigenvalue weighted by Crippen LogP contribution is -2.47. The van der Waals surface area contributed by atoms with Gasteiger partial charge in [0.2, 0.25) is 5.91 Å². The zero-order valence-corrected chi connectivity index (χ0v) is 20.9. The number of anilines is 1. The summed E-state index contributed by atoms with van der Waals surface area (Å²) in [7, 11) is 0. The van der Waals surface area contributed by atoms with Crippen molar-refractivity contribution in [3.8, 4) is 0 Å². The van der Waals surface area contributed by atoms with Gasteiger partial charge in [-0.25, -0.2) is 13.6 Å². The van der Waals surface area contributed by atoms with Crippen LogP contribution in [0.15, 0.2) is 60.0 Å². The number of carbonyl (C=O) groups excluding carboxylic acids is 2. The van der Waals surface area contributed by atoms with Crippen LogP contribution in [0.25, 0.3) is 0 Å². The van der Waals surface area contributed by atoms with Crippen LogP contribution in [-0.2, 0) is 22.6 Å². The number of nitrogens with zero attached hydrogens (tertiary/aromatic N) is 2. The third-order valence-corrected chi connectivity index (χ3v) is 7.13. The number of ether oxygens (including phenoxy) is 1. The molecule has 0 spiro atoms. The molecule has 3 aromatic rings. The normalized spacial score (nSPS) is 15.0. The van der Waals surface area contributed by atoms with Crippen LogP contribution in [0.3, 0.4) is 0 Å². The molecule has 1 aliphatic heterocycles. The summed E-state index contributed by atoms with van der Waals surface area (Å²) in [6, 6.07) is 13.3. The zero-order valence-electron chi connectivity index (χ0n) is 20.1. The van der Waals surface area contributed by atoms with Crippen molar-refractivity contribution in [1.82, 2.24) is 9.80 Å². The highest BCUT2D eigenvalue weighted by molar-refractivity contribution is 7.10. The second kappa shape index (κ2) is 12.1. The van der Waals surface area contributed by atoms with E-state index in [2.05, 4.69) is 5.32 Å². The fourth-order valence-electron chi connectivity index (χ4n) is 4.06. The van der Waals surface area contributed by atoms with E-state index in [-0.39, 0.29) is 43.2 Å². The molecule has 0 aliphatic carbocycles. The molecule has 190 valence electrons. The summed E-state index contributed by atoms with van der Waals surface area (Å²) in [4.78, 5) is 30.8. The van der Waals surface area contributed by atoms with Crippen molar-refractivity contribution in [3.05, 3.63) is 87.6 Å². The van der Waals surface area contributed by atoms with Crippen molar-refractivity contribution in [3.63, 3.8) is 0 Å². The summed E-state index contributed by atoms with van der Waals surface area (Å²) < 4.78 is 33.3. The summed E-state index contributed by atoms with van der Waals surface area (Å²) >= 11 is 1.55. The molecule has 0 radical (unpaired) electrons. The Kier molecular flexibility index (Phi) is 8.66. The van der Waals surface area contributed by atoms with E-state index in [9.17, 15) is 18.4 Å². The maximum absolute atomic E-state index is 14.2. The summed E-state index contributed by atoms with van der Waals surface area (Å²) in [5, 5.41) is 4.55. The van der Waals surface area contributed by atoms with Gasteiger partial charge in [-0.05, 0) is 66.6 Å². The van der Waals surface area contributed by atoms with Crippen LogP contribution in [0.1, 0.15) is 28.8 Å². The Hall–Kier alpha value is -3.30. The second-order valence-electron chi connectivity index (χ2n) is 8.83. The molecule has 0 unspecified atom stereocenters. The van der Waals surface area contributed by atoms with E-state index in [1.807, 2.05) is 18.4 Å². The largest absolute Gasteiger partial charge is 0.376 e. The molecule has 36 heavy (non-hydrogen) atoms. The quantitative estimate of drug-likeness (QED) is 0.407. The van der Waals surface area contributed by atoms with Gasteiger partial charge in [0, 0.05) is 24.6 Å². The predicted octanol–water partition coefficient (Wildman–Crippen LogP) is 5.58. The van der Waals surface area contributed by atoms with E-state index in [1.165, 1.54) is 29.2 Å². The van der Waals surface area contributed by atoms with Gasteiger partial charge in [0.25, 0.3) is 0 Å². The minimum absolute atomic E-state index is 0.0460. The van der Waals surface area contributed by atoms with Gasteiger partial charge < -0.3 is 19.9 Å². The van der Waals surface area contributed by atoms with Crippen LogP contribution in [0.2, 0.25) is 0 Å². The average molecular weight is 514 g/mol. The highest BCUT2D eigenvalue weighted by Gasteiger charge is 2.27. The summed E-state index contributed by atoms with van der Waals surface area (Å²) in [6.45, 7) is 3.23. The lowest BCUT2D eigenvalue weighted by Gasteiger charge is -2.29. The molecule has 1 saturated heterocycles. The average Bonchev–Trinajstić information content (AvgIpc) is 3.52. The van der Waals surface area contributed by atoms with E-state index in [1.54, 1.807) is 40.5 Å². The van der Waals surface area contributed by atoms with Crippen molar-refractivity contribution in [2.24, 2.45) is 0 Å². The Labute approximate surface area is 213 Å². The Balaban J connectivity index is 1.53. The second-order valence-corrected chi connectivity index (χ2v) is 9.83. The fraction of sp³-hybridized carbons (Fsp3) is 0.333. The fourth-order valence-corrected chi connectivity index (χ4v) is 4.98. The minimum Gasteiger partial charge on any atom is -0.376 e. The van der Waals surface area contributed by atoms with Crippen LogP contribution in [0, 0.1) is 18.6 Å². The summed E-state index contributed by atoms with van der Waals surface area (Å²) in [5.74, 6) is -1.17. The highest BCUT2D eigenvalue weighted by Crippen LogP contribution is 2.21. The number of urea groups is 1. The number of nitrogens with one attached hydrogen (secondary N) is 1. The molecule has 3 amide bonds. The number of thiophene rings is 1. The molecular formula is C27H29F2N3O3S. The topological polar surface area (TPSA) is 61.9 Å². The van der Waals surface area contributed by atoms with Gasteiger partial charge in [-0.2, -0.15) is 0 Å². The van der Waals surface area contributed by atoms with Gasteiger partial charge in [-0.3, -0.25) is 4.79 Å². The number of carbonyl (C=O) groups is 2. The standard InChI is InChI=1S/C27H29F2N3O3S/c1-19-12-14-36-25(19)17-31(15-20-8-10-21(28)11-9-20)26(33)18-32(16-22-5-4-13-35-22)27(34)30-24-7-3-2-6-23(24)29/h2-3,6-12,14,22H,4-5,13,15-18H2,1H3,(H,30,34)/t22-/m1/s1. The van der Waals surface area contributed by atoms with E-state index < -0.39 is 11.8 Å². The first-order valence-electron chi connectivity index (χ1n) is 11.9. The van der Waals surface area contributed by atoms with Gasteiger partial charge >= 0.3 is 6.03 Å². The van der Waals surface area contributed by atoms with Gasteiger partial charge in [0.05, 0.1) is 18.3 Å². The molecule has 1 fully saturated rings. The number of aryl methyl sites for hydroxylation is 1. The zero-order chi connectivity index (χ0) is 25.5. The smallest absolute Gasteiger partial charge is 0.322 e. The number of hydrogen-bond acceptors (Lipinski definition) is 4. The molecule has 0 saturated carbocycles. The maximum Gasteiger partial charge on any atom is 0.322 e. The Bertz CT molecular complexity index is 1180. The maximum atomic E-state index is 14.2. The Morgan fingerprint density at radius 2 is 1.83 bits per heavy atom. The van der Waals surface area contributed by atoms with Gasteiger partial charge in [-0.1, -0.05) is 24.3 Å². The van der Waals surface area contributed by atoms with Crippen LogP contribution >= 0.6 is 11.3 Å². The van der Waals surface area contributed by atoms with Gasteiger partial charge in [0.15, 0.2) is 0 Å². The van der Waals surface area contributed by atoms with Crippen LogP contribution < -0.4 is 5.32 Å². The molecule has 1 N–H and O–H groups in total. The number of benzene rings is 2. The van der Waals surface area contributed by atoms with Crippen molar-refractivity contribution >= 4 is 29.0 Å². The molecule has 2 aromatic carbocycles. The number of para-hydroxylation sites is 1. The van der Waals surface area contributed by atoms with E-state index in [4.69, 9.17) is 4.74 Å². The number of hydrogen-bond donors (Lipinski definition) is 1. The molecule has 0 bridgehead atoms. The third kappa shape index (κ3) is 6.89. The lowest BCUT2D eigenvalue weighted by molar-refractivity contribution is -0.133. The van der Waals surface area contributed by atoms with Crippen LogP contribution in [0.4, 0.5) is 19.3 Å².